The van der Waals surface area contributed by atoms with Crippen molar-refractivity contribution in [2.75, 3.05) is 0 Å². The third kappa shape index (κ3) is 2.39. The van der Waals surface area contributed by atoms with Crippen molar-refractivity contribution in [2.24, 2.45) is 5.41 Å². The first-order valence-corrected chi connectivity index (χ1v) is 7.84. The minimum Gasteiger partial charge on any atom is -0.206 e. The maximum Gasteiger partial charge on any atom is 0.136 e. The second kappa shape index (κ2) is 4.83. The van der Waals surface area contributed by atoms with Crippen LogP contribution in [0.4, 0.5) is 4.39 Å². The normalized spacial score (nSPS) is 23.6. The minimum atomic E-state index is -0.389. The predicted octanol–water partition coefficient (Wildman–Crippen LogP) is 4.92. The molecule has 0 unspecified atom stereocenters. The molecule has 0 heterocycles. The zero-order valence-corrected chi connectivity index (χ0v) is 11.8. The van der Waals surface area contributed by atoms with Gasteiger partial charge in [-0.05, 0) is 43.2 Å². The van der Waals surface area contributed by atoms with E-state index in [1.54, 1.807) is 12.1 Å². The molecule has 0 aliphatic heterocycles. The molecule has 1 nitrogen and oxygen atoms in total. The molecule has 3 rings (SSSR count). The Morgan fingerprint density at radius 3 is 2.42 bits per heavy atom. The van der Waals surface area contributed by atoms with Crippen LogP contribution in [0.5, 0.6) is 0 Å². The Morgan fingerprint density at radius 1 is 1.11 bits per heavy atom. The Kier molecular flexibility index (Phi) is 3.30. The van der Waals surface area contributed by atoms with Gasteiger partial charge in [-0.2, -0.15) is 5.26 Å². The third-order valence-corrected chi connectivity index (χ3v) is 5.90. The van der Waals surface area contributed by atoms with Crippen LogP contribution in [0.15, 0.2) is 29.2 Å². The quantitative estimate of drug-likeness (QED) is 0.764. The summed E-state index contributed by atoms with van der Waals surface area (Å²) in [6.07, 6.45) is 8.33. The van der Waals surface area contributed by atoms with Gasteiger partial charge in [-0.3, -0.25) is 0 Å². The van der Waals surface area contributed by atoms with Gasteiger partial charge in [0.05, 0.1) is 6.07 Å². The molecule has 3 heteroatoms. The van der Waals surface area contributed by atoms with Gasteiger partial charge in [-0.1, -0.05) is 31.4 Å². The molecule has 2 aliphatic rings. The maximum atomic E-state index is 13.7. The van der Waals surface area contributed by atoms with E-state index >= 15 is 0 Å². The number of rotatable bonds is 2. The number of hydrogen-bond donors (Lipinski definition) is 0. The van der Waals surface area contributed by atoms with E-state index in [9.17, 15) is 9.65 Å². The number of thioether (sulfide) groups is 1. The Bertz CT molecular complexity index is 506. The van der Waals surface area contributed by atoms with Crippen molar-refractivity contribution >= 4 is 11.8 Å². The van der Waals surface area contributed by atoms with Crippen molar-refractivity contribution in [3.8, 4) is 6.07 Å². The van der Waals surface area contributed by atoms with Crippen LogP contribution in [-0.2, 0) is 0 Å². The fraction of sp³-hybridized carbons (Fsp3) is 0.562. The molecule has 19 heavy (non-hydrogen) atoms. The van der Waals surface area contributed by atoms with Crippen LogP contribution in [-0.4, -0.2) is 4.75 Å². The molecule has 1 spiro atoms. The Morgan fingerprint density at radius 2 is 1.79 bits per heavy atom. The van der Waals surface area contributed by atoms with Crippen LogP contribution < -0.4 is 0 Å². The van der Waals surface area contributed by atoms with Gasteiger partial charge in [-0.15, -0.1) is 11.8 Å². The van der Waals surface area contributed by atoms with Gasteiger partial charge in [-0.25, -0.2) is 4.39 Å². The molecule has 0 atom stereocenters. The van der Waals surface area contributed by atoms with Crippen molar-refractivity contribution in [1.29, 1.82) is 5.26 Å². The lowest BCUT2D eigenvalue weighted by Crippen LogP contribution is -2.49. The van der Waals surface area contributed by atoms with Crippen molar-refractivity contribution in [3.63, 3.8) is 0 Å². The van der Waals surface area contributed by atoms with Crippen LogP contribution in [0.25, 0.3) is 0 Å². The maximum absolute atomic E-state index is 13.7. The number of nitriles is 1. The van der Waals surface area contributed by atoms with Crippen LogP contribution >= 0.6 is 11.8 Å². The minimum absolute atomic E-state index is 0.202. The molecule has 0 amide bonds. The van der Waals surface area contributed by atoms with Crippen LogP contribution in [0.3, 0.4) is 0 Å². The zero-order valence-electron chi connectivity index (χ0n) is 11.0. The van der Waals surface area contributed by atoms with Gasteiger partial charge in [0.1, 0.15) is 10.6 Å². The smallest absolute Gasteiger partial charge is 0.136 e. The highest BCUT2D eigenvalue weighted by Crippen LogP contribution is 2.62. The molecule has 2 saturated carbocycles. The first-order chi connectivity index (χ1) is 9.17. The topological polar surface area (TPSA) is 23.8 Å². The van der Waals surface area contributed by atoms with Crippen LogP contribution in [0.2, 0.25) is 0 Å². The molecule has 1 aromatic carbocycles. The predicted molar refractivity (Wildman–Crippen MR) is 75.4 cm³/mol. The molecule has 2 fully saturated rings. The van der Waals surface area contributed by atoms with E-state index in [0.717, 1.165) is 12.8 Å². The number of benzene rings is 1. The van der Waals surface area contributed by atoms with E-state index in [4.69, 9.17) is 0 Å². The molecular formula is C16H18FNS. The lowest BCUT2D eigenvalue weighted by molar-refractivity contribution is 0.0592. The SMILES string of the molecule is N#CC1(Sc2ccccc2F)CC2(CCCCC2)C1. The van der Waals surface area contributed by atoms with Crippen molar-refractivity contribution in [1.82, 2.24) is 0 Å². The highest BCUT2D eigenvalue weighted by Gasteiger charge is 2.55. The molecular weight excluding hydrogens is 257 g/mol. The fourth-order valence-electron chi connectivity index (χ4n) is 3.73. The van der Waals surface area contributed by atoms with Crippen molar-refractivity contribution < 1.29 is 4.39 Å². The Balaban J connectivity index is 1.73. The van der Waals surface area contributed by atoms with Gasteiger partial charge >= 0.3 is 0 Å². The second-order valence-corrected chi connectivity index (χ2v) is 7.48. The standard InChI is InChI=1S/C16H18FNS/c17-13-6-2-3-7-14(13)19-16(12-18)10-15(11-16)8-4-1-5-9-15/h2-3,6-7H,1,4-5,8-11H2. The van der Waals surface area contributed by atoms with Gasteiger partial charge < -0.3 is 0 Å². The van der Waals surface area contributed by atoms with E-state index in [0.29, 0.717) is 10.3 Å². The first kappa shape index (κ1) is 13.0. The second-order valence-electron chi connectivity index (χ2n) is 6.05. The average Bonchev–Trinajstić information content (AvgIpc) is 2.40. The van der Waals surface area contributed by atoms with E-state index < -0.39 is 0 Å². The van der Waals surface area contributed by atoms with E-state index in [1.807, 2.05) is 6.07 Å². The molecule has 0 saturated heterocycles. The molecule has 0 N–H and O–H groups in total. The molecule has 2 aliphatic carbocycles. The average molecular weight is 275 g/mol. The van der Waals surface area contributed by atoms with E-state index in [2.05, 4.69) is 6.07 Å². The highest BCUT2D eigenvalue weighted by molar-refractivity contribution is 8.01. The summed E-state index contributed by atoms with van der Waals surface area (Å²) < 4.78 is 13.3. The summed E-state index contributed by atoms with van der Waals surface area (Å²) in [5, 5.41) is 9.51. The zero-order chi connectivity index (χ0) is 13.3. The lowest BCUT2D eigenvalue weighted by atomic mass is 9.56. The largest absolute Gasteiger partial charge is 0.206 e. The summed E-state index contributed by atoms with van der Waals surface area (Å²) in [6.45, 7) is 0. The number of nitrogens with zero attached hydrogens (tertiary/aromatic N) is 1. The van der Waals surface area contributed by atoms with Gasteiger partial charge in [0.15, 0.2) is 0 Å². The van der Waals surface area contributed by atoms with Crippen molar-refractivity contribution in [3.05, 3.63) is 30.1 Å². The molecule has 1 aromatic rings. The molecule has 0 bridgehead atoms. The summed E-state index contributed by atoms with van der Waals surface area (Å²) in [4.78, 5) is 0.620. The van der Waals surface area contributed by atoms with E-state index in [-0.39, 0.29) is 10.6 Å². The first-order valence-electron chi connectivity index (χ1n) is 7.02. The number of hydrogen-bond acceptors (Lipinski definition) is 2. The van der Waals surface area contributed by atoms with Gasteiger partial charge in [0, 0.05) is 4.90 Å². The van der Waals surface area contributed by atoms with E-state index in [1.165, 1.54) is 49.9 Å². The van der Waals surface area contributed by atoms with Gasteiger partial charge in [0.2, 0.25) is 0 Å². The summed E-state index contributed by atoms with van der Waals surface area (Å²) >= 11 is 1.44. The third-order valence-electron chi connectivity index (χ3n) is 4.58. The van der Waals surface area contributed by atoms with Crippen LogP contribution in [0.1, 0.15) is 44.9 Å². The molecule has 0 radical (unpaired) electrons. The monoisotopic (exact) mass is 275 g/mol. The summed E-state index contributed by atoms with van der Waals surface area (Å²) in [6, 6.07) is 9.25. The molecule has 100 valence electrons. The Labute approximate surface area is 118 Å². The number of halogens is 1. The summed E-state index contributed by atoms with van der Waals surface area (Å²) in [7, 11) is 0. The fourth-order valence-corrected chi connectivity index (χ4v) is 5.26. The summed E-state index contributed by atoms with van der Waals surface area (Å²) in [5.74, 6) is -0.202. The van der Waals surface area contributed by atoms with Gasteiger partial charge in [0.25, 0.3) is 0 Å². The summed E-state index contributed by atoms with van der Waals surface area (Å²) in [5.41, 5.74) is 0.395. The lowest BCUT2D eigenvalue weighted by Gasteiger charge is -2.54. The Hall–Kier alpha value is -1.01. The highest BCUT2D eigenvalue weighted by atomic mass is 32.2. The van der Waals surface area contributed by atoms with Crippen molar-refractivity contribution in [2.45, 2.75) is 54.6 Å². The molecule has 0 aromatic heterocycles. The van der Waals surface area contributed by atoms with Crippen LogP contribution in [0, 0.1) is 22.6 Å².